The molecule has 0 saturated carbocycles. The molecule has 2 heteroatoms. The van der Waals surface area contributed by atoms with E-state index in [1.165, 1.54) is 27.6 Å². The van der Waals surface area contributed by atoms with Crippen molar-refractivity contribution in [2.24, 2.45) is 0 Å². The van der Waals surface area contributed by atoms with Gasteiger partial charge in [-0.2, -0.15) is 0 Å². The second-order valence-corrected chi connectivity index (χ2v) is 11.2. The average Bonchev–Trinajstić information content (AvgIpc) is 3.08. The first-order chi connectivity index (χ1) is 21.3. The average molecular weight is 551 g/mol. The number of hydrogen-bond acceptors (Lipinski definition) is 2. The number of ether oxygens (including phenoxy) is 2. The molecule has 0 atom stereocenters. The summed E-state index contributed by atoms with van der Waals surface area (Å²) < 4.78 is 12.9. The van der Waals surface area contributed by atoms with Crippen LogP contribution in [-0.2, 0) is 5.41 Å². The van der Waals surface area contributed by atoms with Gasteiger partial charge in [0.25, 0.3) is 0 Å². The van der Waals surface area contributed by atoms with E-state index in [9.17, 15) is 0 Å². The van der Waals surface area contributed by atoms with Gasteiger partial charge in [-0.05, 0) is 63.5 Å². The van der Waals surface area contributed by atoms with Crippen LogP contribution in [-0.4, -0.2) is 0 Å². The van der Waals surface area contributed by atoms with E-state index in [1.54, 1.807) is 0 Å². The van der Waals surface area contributed by atoms with Gasteiger partial charge in [-0.25, -0.2) is 0 Å². The number of rotatable bonds is 3. The molecule has 2 nitrogen and oxygen atoms in total. The lowest BCUT2D eigenvalue weighted by atomic mass is 9.63. The van der Waals surface area contributed by atoms with Crippen LogP contribution in [0, 0.1) is 0 Å². The molecule has 0 aromatic heterocycles. The molecule has 0 radical (unpaired) electrons. The first kappa shape index (κ1) is 24.0. The lowest BCUT2D eigenvalue weighted by molar-refractivity contribution is 0.434. The van der Waals surface area contributed by atoms with Gasteiger partial charge in [-0.1, -0.05) is 127 Å². The van der Waals surface area contributed by atoms with E-state index in [-0.39, 0.29) is 0 Å². The van der Waals surface area contributed by atoms with Crippen LogP contribution in [0.5, 0.6) is 23.0 Å². The molecule has 2 heterocycles. The van der Waals surface area contributed by atoms with Crippen molar-refractivity contribution in [1.29, 1.82) is 0 Å². The third-order valence-electron chi connectivity index (χ3n) is 9.01. The summed E-state index contributed by atoms with van der Waals surface area (Å²) in [5.41, 5.74) is 8.80. The molecule has 0 N–H and O–H groups in total. The van der Waals surface area contributed by atoms with Crippen molar-refractivity contribution in [2.45, 2.75) is 5.41 Å². The van der Waals surface area contributed by atoms with E-state index in [0.29, 0.717) is 0 Å². The normalized spacial score (nSPS) is 13.7. The Morgan fingerprint density at radius 2 is 0.977 bits per heavy atom. The van der Waals surface area contributed by atoms with Crippen LogP contribution >= 0.6 is 0 Å². The molecule has 202 valence electrons. The molecule has 0 saturated heterocycles. The van der Waals surface area contributed by atoms with Crippen LogP contribution in [0.4, 0.5) is 0 Å². The fraction of sp³-hybridized carbons (Fsp3) is 0.0244. The Bertz CT molecular complexity index is 2150. The van der Waals surface area contributed by atoms with Crippen LogP contribution < -0.4 is 9.47 Å². The molecule has 0 amide bonds. The van der Waals surface area contributed by atoms with E-state index < -0.39 is 5.41 Å². The Morgan fingerprint density at radius 3 is 1.77 bits per heavy atom. The summed E-state index contributed by atoms with van der Waals surface area (Å²) in [5, 5.41) is 2.34. The molecule has 9 rings (SSSR count). The minimum atomic E-state index is -0.558. The highest BCUT2D eigenvalue weighted by Crippen LogP contribution is 2.56. The molecular weight excluding hydrogens is 524 g/mol. The number of benzene rings is 7. The molecule has 7 aromatic rings. The first-order valence-electron chi connectivity index (χ1n) is 14.7. The van der Waals surface area contributed by atoms with Crippen molar-refractivity contribution in [1.82, 2.24) is 0 Å². The van der Waals surface area contributed by atoms with E-state index in [2.05, 4.69) is 146 Å². The molecule has 43 heavy (non-hydrogen) atoms. The Labute approximate surface area is 250 Å². The van der Waals surface area contributed by atoms with Gasteiger partial charge in [0.2, 0.25) is 0 Å². The lowest BCUT2D eigenvalue weighted by Gasteiger charge is -2.41. The fourth-order valence-corrected chi connectivity index (χ4v) is 7.22. The van der Waals surface area contributed by atoms with E-state index in [0.717, 1.165) is 50.6 Å². The molecule has 2 aliphatic rings. The quantitative estimate of drug-likeness (QED) is 0.218. The van der Waals surface area contributed by atoms with E-state index in [1.807, 2.05) is 12.1 Å². The zero-order valence-electron chi connectivity index (χ0n) is 23.3. The summed E-state index contributed by atoms with van der Waals surface area (Å²) >= 11 is 0. The van der Waals surface area contributed by atoms with Gasteiger partial charge < -0.3 is 9.47 Å². The van der Waals surface area contributed by atoms with Crippen LogP contribution in [0.3, 0.4) is 0 Å². The highest BCUT2D eigenvalue weighted by molar-refractivity contribution is 6.09. The van der Waals surface area contributed by atoms with Gasteiger partial charge in [-0.15, -0.1) is 0 Å². The standard InChI is InChI=1S/C41H26O2/c1-2-13-28(14-3-1)41(34-19-5-8-22-37(34)43-38-23-9-6-20-35(38)41)29-15-10-12-27(26-29)30-24-25-39-40-32(30)17-11-18-33(40)31-16-4-7-21-36(31)42-39/h1-26H. The van der Waals surface area contributed by atoms with Gasteiger partial charge in [0.1, 0.15) is 23.0 Å². The molecule has 2 aliphatic heterocycles. The molecule has 0 spiro atoms. The monoisotopic (exact) mass is 550 g/mol. The van der Waals surface area contributed by atoms with Crippen LogP contribution in [0.2, 0.25) is 0 Å². The maximum Gasteiger partial charge on any atom is 0.135 e. The van der Waals surface area contributed by atoms with Crippen LogP contribution in [0.25, 0.3) is 33.0 Å². The van der Waals surface area contributed by atoms with Gasteiger partial charge >= 0.3 is 0 Å². The highest BCUT2D eigenvalue weighted by Gasteiger charge is 2.45. The highest BCUT2D eigenvalue weighted by atomic mass is 16.5. The third kappa shape index (κ3) is 3.41. The van der Waals surface area contributed by atoms with Gasteiger partial charge in [-0.3, -0.25) is 0 Å². The summed E-state index contributed by atoms with van der Waals surface area (Å²) in [4.78, 5) is 0. The number of fused-ring (bicyclic) bond motifs is 4. The van der Waals surface area contributed by atoms with Crippen molar-refractivity contribution in [3.63, 3.8) is 0 Å². The molecule has 7 aromatic carbocycles. The maximum atomic E-state index is 6.51. The number of para-hydroxylation sites is 3. The Balaban J connectivity index is 1.32. The fourth-order valence-electron chi connectivity index (χ4n) is 7.22. The second-order valence-electron chi connectivity index (χ2n) is 11.2. The molecule has 0 bridgehead atoms. The lowest BCUT2D eigenvalue weighted by Crippen LogP contribution is -2.34. The summed E-state index contributed by atoms with van der Waals surface area (Å²) in [5.74, 6) is 3.57. The Kier molecular flexibility index (Phi) is 5.15. The second kappa shape index (κ2) is 9.20. The van der Waals surface area contributed by atoms with Crippen molar-refractivity contribution in [2.75, 3.05) is 0 Å². The molecule has 0 unspecified atom stereocenters. The Morgan fingerprint density at radius 1 is 0.372 bits per heavy atom. The van der Waals surface area contributed by atoms with Gasteiger partial charge in [0.05, 0.1) is 5.41 Å². The molecular formula is C41H26O2. The maximum absolute atomic E-state index is 6.51. The van der Waals surface area contributed by atoms with Gasteiger partial charge in [0.15, 0.2) is 0 Å². The topological polar surface area (TPSA) is 18.5 Å². The molecule has 0 fully saturated rings. The van der Waals surface area contributed by atoms with Crippen LogP contribution in [0.1, 0.15) is 22.3 Å². The van der Waals surface area contributed by atoms with Gasteiger partial charge in [0, 0.05) is 22.1 Å². The number of hydrogen-bond donors (Lipinski definition) is 0. The largest absolute Gasteiger partial charge is 0.457 e. The third-order valence-corrected chi connectivity index (χ3v) is 9.01. The zero-order chi connectivity index (χ0) is 28.4. The summed E-state index contributed by atoms with van der Waals surface area (Å²) in [6.45, 7) is 0. The van der Waals surface area contributed by atoms with E-state index in [4.69, 9.17) is 9.47 Å². The predicted molar refractivity (Wildman–Crippen MR) is 173 cm³/mol. The predicted octanol–water partition coefficient (Wildman–Crippen LogP) is 10.8. The smallest absolute Gasteiger partial charge is 0.135 e. The van der Waals surface area contributed by atoms with Crippen molar-refractivity contribution in [3.8, 4) is 45.3 Å². The van der Waals surface area contributed by atoms with E-state index >= 15 is 0 Å². The minimum Gasteiger partial charge on any atom is -0.457 e. The Hall–Kier alpha value is -5.60. The van der Waals surface area contributed by atoms with Crippen molar-refractivity contribution < 1.29 is 9.47 Å². The summed E-state index contributed by atoms with van der Waals surface area (Å²) in [6, 6.07) is 56.0. The SMILES string of the molecule is c1ccc(C2(c3cccc(-c4ccc5c6c(cccc46)-c4ccccc4O5)c3)c3ccccc3Oc3ccccc32)cc1. The minimum absolute atomic E-state index is 0.558. The summed E-state index contributed by atoms with van der Waals surface area (Å²) in [7, 11) is 0. The summed E-state index contributed by atoms with van der Waals surface area (Å²) in [6.07, 6.45) is 0. The van der Waals surface area contributed by atoms with Crippen LogP contribution in [0.15, 0.2) is 158 Å². The van der Waals surface area contributed by atoms with Crippen molar-refractivity contribution >= 4 is 10.8 Å². The first-order valence-corrected chi connectivity index (χ1v) is 14.7. The molecule has 0 aliphatic carbocycles. The van der Waals surface area contributed by atoms with Crippen molar-refractivity contribution in [3.05, 3.63) is 180 Å². The zero-order valence-corrected chi connectivity index (χ0v) is 23.3.